The van der Waals surface area contributed by atoms with Crippen molar-refractivity contribution in [1.29, 1.82) is 0 Å². The van der Waals surface area contributed by atoms with Crippen LogP contribution >= 0.6 is 0 Å². The molecule has 3 nitrogen and oxygen atoms in total. The van der Waals surface area contributed by atoms with Crippen molar-refractivity contribution in [3.8, 4) is 0 Å². The Morgan fingerprint density at radius 3 is 2.32 bits per heavy atom. The van der Waals surface area contributed by atoms with Gasteiger partial charge in [-0.15, -0.1) is 0 Å². The Hall–Kier alpha value is -1.09. The quantitative estimate of drug-likeness (QED) is 0.887. The second-order valence-corrected chi connectivity index (χ2v) is 6.86. The van der Waals surface area contributed by atoms with Crippen LogP contribution in [-0.2, 0) is 0 Å². The first kappa shape index (κ1) is 14.3. The summed E-state index contributed by atoms with van der Waals surface area (Å²) in [5.74, 6) is 0.833. The van der Waals surface area contributed by atoms with Crippen LogP contribution in [0, 0.1) is 11.3 Å². The minimum Gasteiger partial charge on any atom is -0.370 e. The predicted octanol–water partition coefficient (Wildman–Crippen LogP) is 3.36. The molecule has 1 aliphatic rings. The van der Waals surface area contributed by atoms with Gasteiger partial charge in [-0.2, -0.15) is 0 Å². The lowest BCUT2D eigenvalue weighted by molar-refractivity contribution is 0.199. The maximum Gasteiger partial charge on any atom is 0.0569 e. The number of hydrogen-bond acceptors (Lipinski definition) is 3. The Balaban J connectivity index is 1.98. The molecule has 2 rings (SSSR count). The summed E-state index contributed by atoms with van der Waals surface area (Å²) in [7, 11) is 0. The monoisotopic (exact) mass is 261 g/mol. The molecule has 2 N–H and O–H groups in total. The molecule has 2 heterocycles. The highest BCUT2D eigenvalue weighted by Gasteiger charge is 2.28. The largest absolute Gasteiger partial charge is 0.370 e. The first-order valence-corrected chi connectivity index (χ1v) is 7.34. The standard InChI is InChI=1S/C16H27N3/c1-12(17)15-6-5-14(11-18-15)19-9-7-13(8-10-19)16(2,3)4/h5-6,11-13H,7-10,17H2,1-4H3/t12-/m1/s1. The zero-order chi connectivity index (χ0) is 14.0. The van der Waals surface area contributed by atoms with Crippen LogP contribution in [-0.4, -0.2) is 18.1 Å². The third kappa shape index (κ3) is 3.47. The van der Waals surface area contributed by atoms with Crippen molar-refractivity contribution < 1.29 is 0 Å². The molecule has 1 fully saturated rings. The fourth-order valence-electron chi connectivity index (χ4n) is 2.86. The van der Waals surface area contributed by atoms with Gasteiger partial charge < -0.3 is 10.6 Å². The number of anilines is 1. The van der Waals surface area contributed by atoms with Gasteiger partial charge in [0, 0.05) is 19.1 Å². The first-order valence-electron chi connectivity index (χ1n) is 7.34. The second kappa shape index (κ2) is 5.49. The van der Waals surface area contributed by atoms with Crippen molar-refractivity contribution in [2.24, 2.45) is 17.1 Å². The zero-order valence-electron chi connectivity index (χ0n) is 12.7. The molecule has 0 unspecified atom stereocenters. The lowest BCUT2D eigenvalue weighted by atomic mass is 9.75. The topological polar surface area (TPSA) is 42.1 Å². The Bertz CT molecular complexity index is 395. The number of nitrogens with two attached hydrogens (primary N) is 1. The van der Waals surface area contributed by atoms with Gasteiger partial charge in [0.1, 0.15) is 0 Å². The van der Waals surface area contributed by atoms with Crippen molar-refractivity contribution in [1.82, 2.24) is 4.98 Å². The first-order chi connectivity index (χ1) is 8.88. The van der Waals surface area contributed by atoms with Gasteiger partial charge in [-0.25, -0.2) is 0 Å². The van der Waals surface area contributed by atoms with Crippen LogP contribution in [0.3, 0.4) is 0 Å². The van der Waals surface area contributed by atoms with E-state index >= 15 is 0 Å². The summed E-state index contributed by atoms with van der Waals surface area (Å²) in [6.45, 7) is 11.3. The molecular formula is C16H27N3. The highest BCUT2D eigenvalue weighted by molar-refractivity contribution is 5.45. The molecule has 0 bridgehead atoms. The van der Waals surface area contributed by atoms with Gasteiger partial charge in [-0.3, -0.25) is 4.98 Å². The number of aromatic nitrogens is 1. The Kier molecular flexibility index (Phi) is 4.14. The van der Waals surface area contributed by atoms with Crippen molar-refractivity contribution >= 4 is 5.69 Å². The number of piperidine rings is 1. The average Bonchev–Trinajstić information content (AvgIpc) is 2.38. The maximum atomic E-state index is 5.83. The fourth-order valence-corrected chi connectivity index (χ4v) is 2.86. The van der Waals surface area contributed by atoms with E-state index in [1.54, 1.807) is 0 Å². The highest BCUT2D eigenvalue weighted by Crippen LogP contribution is 2.35. The van der Waals surface area contributed by atoms with Crippen LogP contribution in [0.2, 0.25) is 0 Å². The van der Waals surface area contributed by atoms with Crippen LogP contribution in [0.15, 0.2) is 18.3 Å². The lowest BCUT2D eigenvalue weighted by Gasteiger charge is -2.39. The molecular weight excluding hydrogens is 234 g/mol. The van der Waals surface area contributed by atoms with Gasteiger partial charge in [-0.05, 0) is 43.2 Å². The Labute approximate surface area is 117 Å². The van der Waals surface area contributed by atoms with Crippen LogP contribution in [0.1, 0.15) is 52.3 Å². The van der Waals surface area contributed by atoms with Crippen molar-refractivity contribution in [2.75, 3.05) is 18.0 Å². The minimum atomic E-state index is 0.0145. The molecule has 106 valence electrons. The molecule has 1 aromatic rings. The maximum absolute atomic E-state index is 5.83. The summed E-state index contributed by atoms with van der Waals surface area (Å²) < 4.78 is 0. The molecule has 0 amide bonds. The van der Waals surface area contributed by atoms with E-state index in [1.165, 1.54) is 18.5 Å². The van der Waals surface area contributed by atoms with Gasteiger partial charge in [0.25, 0.3) is 0 Å². The van der Waals surface area contributed by atoms with E-state index in [2.05, 4.69) is 42.8 Å². The Morgan fingerprint density at radius 1 is 1.26 bits per heavy atom. The van der Waals surface area contributed by atoms with Crippen LogP contribution in [0.5, 0.6) is 0 Å². The van der Waals surface area contributed by atoms with E-state index in [9.17, 15) is 0 Å². The summed E-state index contributed by atoms with van der Waals surface area (Å²) in [5.41, 5.74) is 8.47. The zero-order valence-corrected chi connectivity index (χ0v) is 12.7. The summed E-state index contributed by atoms with van der Waals surface area (Å²) >= 11 is 0. The van der Waals surface area contributed by atoms with E-state index < -0.39 is 0 Å². The van der Waals surface area contributed by atoms with Gasteiger partial charge >= 0.3 is 0 Å². The number of pyridine rings is 1. The van der Waals surface area contributed by atoms with Crippen LogP contribution in [0.25, 0.3) is 0 Å². The molecule has 0 radical (unpaired) electrons. The van der Waals surface area contributed by atoms with Gasteiger partial charge in [-0.1, -0.05) is 20.8 Å². The van der Waals surface area contributed by atoms with Crippen molar-refractivity contribution in [3.05, 3.63) is 24.0 Å². The van der Waals surface area contributed by atoms with Gasteiger partial charge in [0.05, 0.1) is 17.6 Å². The molecule has 0 aromatic carbocycles. The summed E-state index contributed by atoms with van der Waals surface area (Å²) in [6, 6.07) is 4.22. The molecule has 1 atom stereocenters. The molecule has 3 heteroatoms. The van der Waals surface area contributed by atoms with E-state index in [0.29, 0.717) is 5.41 Å². The van der Waals surface area contributed by atoms with Crippen molar-refractivity contribution in [3.63, 3.8) is 0 Å². The molecule has 1 saturated heterocycles. The minimum absolute atomic E-state index is 0.0145. The van der Waals surface area contributed by atoms with Gasteiger partial charge in [0.15, 0.2) is 0 Å². The lowest BCUT2D eigenvalue weighted by Crippen LogP contribution is -2.38. The SMILES string of the molecule is C[C@@H](N)c1ccc(N2CCC(C(C)(C)C)CC2)cn1. The normalized spacial score (nSPS) is 19.5. The predicted molar refractivity (Wildman–Crippen MR) is 81.2 cm³/mol. The smallest absolute Gasteiger partial charge is 0.0569 e. The van der Waals surface area contributed by atoms with E-state index in [-0.39, 0.29) is 6.04 Å². The summed E-state index contributed by atoms with van der Waals surface area (Å²) in [5, 5.41) is 0. The third-order valence-electron chi connectivity index (χ3n) is 4.32. The van der Waals surface area contributed by atoms with E-state index in [4.69, 9.17) is 5.73 Å². The molecule has 0 aliphatic carbocycles. The summed E-state index contributed by atoms with van der Waals surface area (Å²) in [4.78, 5) is 6.90. The van der Waals surface area contributed by atoms with Gasteiger partial charge in [0.2, 0.25) is 0 Å². The molecule has 1 aromatic heterocycles. The molecule has 0 spiro atoms. The molecule has 1 aliphatic heterocycles. The number of rotatable bonds is 2. The average molecular weight is 261 g/mol. The van der Waals surface area contributed by atoms with Crippen LogP contribution < -0.4 is 10.6 Å². The third-order valence-corrected chi connectivity index (χ3v) is 4.32. The second-order valence-electron chi connectivity index (χ2n) is 6.86. The Morgan fingerprint density at radius 2 is 1.89 bits per heavy atom. The fraction of sp³-hybridized carbons (Fsp3) is 0.688. The number of hydrogen-bond donors (Lipinski definition) is 1. The van der Waals surface area contributed by atoms with Crippen molar-refractivity contribution in [2.45, 2.75) is 46.6 Å². The van der Waals surface area contributed by atoms with E-state index in [0.717, 1.165) is 24.7 Å². The highest BCUT2D eigenvalue weighted by atomic mass is 15.1. The molecule has 19 heavy (non-hydrogen) atoms. The van der Waals surface area contributed by atoms with Crippen LogP contribution in [0.4, 0.5) is 5.69 Å². The molecule has 0 saturated carbocycles. The summed E-state index contributed by atoms with van der Waals surface area (Å²) in [6.07, 6.45) is 4.52. The van der Waals surface area contributed by atoms with E-state index in [1.807, 2.05) is 13.1 Å². The number of nitrogens with zero attached hydrogens (tertiary/aromatic N) is 2.